The van der Waals surface area contributed by atoms with E-state index in [0.717, 1.165) is 70.0 Å². The van der Waals surface area contributed by atoms with Crippen LogP contribution in [0.5, 0.6) is 0 Å². The number of carbonyl (C=O) groups excluding carboxylic acids is 2. The number of morpholine rings is 1. The van der Waals surface area contributed by atoms with Crippen molar-refractivity contribution in [3.8, 4) is 0 Å². The lowest BCUT2D eigenvalue weighted by Crippen LogP contribution is -2.43. The molecule has 2 amide bonds. The van der Waals surface area contributed by atoms with Crippen molar-refractivity contribution in [2.45, 2.75) is 25.9 Å². The molecule has 0 radical (unpaired) electrons. The van der Waals surface area contributed by atoms with Gasteiger partial charge in [0.2, 0.25) is 11.8 Å². The first-order valence-electron chi connectivity index (χ1n) is 11.9. The molecule has 0 bridgehead atoms. The van der Waals surface area contributed by atoms with Gasteiger partial charge in [0.1, 0.15) is 0 Å². The molecule has 2 heterocycles. The Morgan fingerprint density at radius 3 is 2.24 bits per heavy atom. The van der Waals surface area contributed by atoms with Crippen LogP contribution in [0.4, 0.5) is 5.69 Å². The number of anilines is 1. The molecule has 0 aromatic heterocycles. The average Bonchev–Trinajstić information content (AvgIpc) is 2.85. The van der Waals surface area contributed by atoms with Gasteiger partial charge in [-0.15, -0.1) is 0 Å². The number of ether oxygens (including phenoxy) is 1. The second-order valence-electron chi connectivity index (χ2n) is 8.84. The van der Waals surface area contributed by atoms with Gasteiger partial charge in [-0.3, -0.25) is 19.4 Å². The van der Waals surface area contributed by atoms with Crippen molar-refractivity contribution >= 4 is 17.5 Å². The summed E-state index contributed by atoms with van der Waals surface area (Å²) in [4.78, 5) is 29.6. The van der Waals surface area contributed by atoms with E-state index in [0.29, 0.717) is 13.1 Å². The Balaban J connectivity index is 1.19. The summed E-state index contributed by atoms with van der Waals surface area (Å²) in [6.45, 7) is 6.76. The Labute approximate surface area is 196 Å². The van der Waals surface area contributed by atoms with Crippen molar-refractivity contribution in [2.24, 2.45) is 5.92 Å². The van der Waals surface area contributed by atoms with Gasteiger partial charge in [0.05, 0.1) is 19.8 Å². The summed E-state index contributed by atoms with van der Waals surface area (Å²) in [5.41, 5.74) is 3.25. The molecule has 33 heavy (non-hydrogen) atoms. The zero-order valence-corrected chi connectivity index (χ0v) is 19.2. The van der Waals surface area contributed by atoms with E-state index < -0.39 is 0 Å². The summed E-state index contributed by atoms with van der Waals surface area (Å²) >= 11 is 0. The third kappa shape index (κ3) is 7.12. The summed E-state index contributed by atoms with van der Waals surface area (Å²) in [5, 5.41) is 6.08. The van der Waals surface area contributed by atoms with Crippen LogP contribution in [0.3, 0.4) is 0 Å². The summed E-state index contributed by atoms with van der Waals surface area (Å²) in [6.07, 6.45) is 1.54. The molecule has 0 unspecified atom stereocenters. The summed E-state index contributed by atoms with van der Waals surface area (Å²) < 4.78 is 5.44. The number of carbonyl (C=O) groups is 2. The first-order valence-corrected chi connectivity index (χ1v) is 11.9. The molecule has 2 aromatic carbocycles. The van der Waals surface area contributed by atoms with E-state index in [1.807, 2.05) is 36.4 Å². The molecule has 2 aromatic rings. The Morgan fingerprint density at radius 2 is 1.52 bits per heavy atom. The Morgan fingerprint density at radius 1 is 0.848 bits per heavy atom. The highest BCUT2D eigenvalue weighted by molar-refractivity contribution is 5.92. The quantitative estimate of drug-likeness (QED) is 0.647. The van der Waals surface area contributed by atoms with Gasteiger partial charge in [0, 0.05) is 37.8 Å². The van der Waals surface area contributed by atoms with Gasteiger partial charge in [0.15, 0.2) is 0 Å². The SMILES string of the molecule is O=C(CN1CCC(C(=O)Nc2ccccc2)CC1)NCc1ccccc1CN1CCOCC1. The molecule has 0 atom stereocenters. The Hall–Kier alpha value is -2.74. The van der Waals surface area contributed by atoms with E-state index in [1.54, 1.807) is 0 Å². The molecule has 2 aliphatic heterocycles. The molecule has 2 fully saturated rings. The van der Waals surface area contributed by atoms with Crippen LogP contribution < -0.4 is 10.6 Å². The molecule has 0 saturated carbocycles. The fraction of sp³-hybridized carbons (Fsp3) is 0.462. The van der Waals surface area contributed by atoms with Crippen LogP contribution >= 0.6 is 0 Å². The number of hydrogen-bond donors (Lipinski definition) is 2. The van der Waals surface area contributed by atoms with Gasteiger partial charge in [-0.05, 0) is 49.2 Å². The maximum Gasteiger partial charge on any atom is 0.234 e. The second-order valence-corrected chi connectivity index (χ2v) is 8.84. The maximum atomic E-state index is 12.6. The molecule has 0 spiro atoms. The maximum absolute atomic E-state index is 12.6. The van der Waals surface area contributed by atoms with Gasteiger partial charge in [-0.25, -0.2) is 0 Å². The molecule has 2 aliphatic rings. The monoisotopic (exact) mass is 450 g/mol. The predicted molar refractivity (Wildman–Crippen MR) is 129 cm³/mol. The molecule has 2 saturated heterocycles. The second kappa shape index (κ2) is 11.9. The highest BCUT2D eigenvalue weighted by atomic mass is 16.5. The molecule has 7 nitrogen and oxygen atoms in total. The Bertz CT molecular complexity index is 907. The van der Waals surface area contributed by atoms with Gasteiger partial charge in [0.25, 0.3) is 0 Å². The predicted octanol–water partition coefficient (Wildman–Crippen LogP) is 2.49. The van der Waals surface area contributed by atoms with E-state index in [9.17, 15) is 9.59 Å². The first-order chi connectivity index (χ1) is 16.2. The fourth-order valence-corrected chi connectivity index (χ4v) is 4.46. The zero-order chi connectivity index (χ0) is 22.9. The van der Waals surface area contributed by atoms with Crippen LogP contribution in [0.2, 0.25) is 0 Å². The lowest BCUT2D eigenvalue weighted by molar-refractivity contribution is -0.123. The summed E-state index contributed by atoms with van der Waals surface area (Å²) in [7, 11) is 0. The van der Waals surface area contributed by atoms with Crippen molar-refractivity contribution in [2.75, 3.05) is 51.3 Å². The van der Waals surface area contributed by atoms with E-state index in [2.05, 4.69) is 38.6 Å². The lowest BCUT2D eigenvalue weighted by atomic mass is 9.96. The lowest BCUT2D eigenvalue weighted by Gasteiger charge is -2.30. The highest BCUT2D eigenvalue weighted by Gasteiger charge is 2.26. The highest BCUT2D eigenvalue weighted by Crippen LogP contribution is 2.19. The molecular formula is C26H34N4O3. The van der Waals surface area contributed by atoms with Gasteiger partial charge >= 0.3 is 0 Å². The fourth-order valence-electron chi connectivity index (χ4n) is 4.46. The molecule has 2 N–H and O–H groups in total. The third-order valence-corrected chi connectivity index (χ3v) is 6.46. The molecule has 4 rings (SSSR count). The number of likely N-dealkylation sites (tertiary alicyclic amines) is 1. The van der Waals surface area contributed by atoms with Gasteiger partial charge in [-0.2, -0.15) is 0 Å². The first kappa shape index (κ1) is 23.4. The number of piperidine rings is 1. The van der Waals surface area contributed by atoms with E-state index >= 15 is 0 Å². The molecule has 0 aliphatic carbocycles. The minimum atomic E-state index is -0.00317. The van der Waals surface area contributed by atoms with E-state index in [-0.39, 0.29) is 17.7 Å². The number of hydrogen-bond acceptors (Lipinski definition) is 5. The summed E-state index contributed by atoms with van der Waals surface area (Å²) in [6, 6.07) is 17.9. The molecule has 176 valence electrons. The Kier molecular flexibility index (Phi) is 8.47. The number of nitrogens with zero attached hydrogens (tertiary/aromatic N) is 2. The minimum absolute atomic E-state index is 0.00317. The van der Waals surface area contributed by atoms with Crippen LogP contribution in [-0.4, -0.2) is 67.6 Å². The van der Waals surface area contributed by atoms with Crippen LogP contribution in [0, 0.1) is 5.92 Å². The van der Waals surface area contributed by atoms with Crippen LogP contribution in [0.1, 0.15) is 24.0 Å². The van der Waals surface area contributed by atoms with Crippen molar-refractivity contribution in [1.82, 2.24) is 15.1 Å². The van der Waals surface area contributed by atoms with E-state index in [4.69, 9.17) is 4.74 Å². The van der Waals surface area contributed by atoms with Crippen molar-refractivity contribution < 1.29 is 14.3 Å². The number of benzene rings is 2. The number of rotatable bonds is 8. The minimum Gasteiger partial charge on any atom is -0.379 e. The topological polar surface area (TPSA) is 73.9 Å². The standard InChI is InChI=1S/C26H34N4O3/c31-25(27-18-22-6-4-5-7-23(22)19-30-14-16-33-17-15-30)20-29-12-10-21(11-13-29)26(32)28-24-8-2-1-3-9-24/h1-9,21H,10-20H2,(H,27,31)(H,28,32). The van der Waals surface area contributed by atoms with Crippen molar-refractivity contribution in [3.05, 3.63) is 65.7 Å². The van der Waals surface area contributed by atoms with Crippen molar-refractivity contribution in [1.29, 1.82) is 0 Å². The van der Waals surface area contributed by atoms with E-state index in [1.165, 1.54) is 5.56 Å². The number of nitrogens with one attached hydrogen (secondary N) is 2. The van der Waals surface area contributed by atoms with Crippen LogP contribution in [0.25, 0.3) is 0 Å². The van der Waals surface area contributed by atoms with Gasteiger partial charge < -0.3 is 15.4 Å². The number of amides is 2. The van der Waals surface area contributed by atoms with Crippen molar-refractivity contribution in [3.63, 3.8) is 0 Å². The average molecular weight is 451 g/mol. The summed E-state index contributed by atoms with van der Waals surface area (Å²) in [5.74, 6) is 0.0992. The normalized spacial score (nSPS) is 18.1. The molecule has 7 heteroatoms. The zero-order valence-electron chi connectivity index (χ0n) is 19.2. The van der Waals surface area contributed by atoms with Gasteiger partial charge in [-0.1, -0.05) is 42.5 Å². The smallest absolute Gasteiger partial charge is 0.234 e. The largest absolute Gasteiger partial charge is 0.379 e. The van der Waals surface area contributed by atoms with Crippen LogP contribution in [0.15, 0.2) is 54.6 Å². The third-order valence-electron chi connectivity index (χ3n) is 6.46. The molecular weight excluding hydrogens is 416 g/mol. The van der Waals surface area contributed by atoms with Crippen LogP contribution in [-0.2, 0) is 27.4 Å². The number of para-hydroxylation sites is 1.